The van der Waals surface area contributed by atoms with Gasteiger partial charge in [-0.3, -0.25) is 14.9 Å². The lowest BCUT2D eigenvalue weighted by Gasteiger charge is -2.28. The van der Waals surface area contributed by atoms with E-state index in [1.165, 1.54) is 18.2 Å². The molecule has 0 aliphatic rings. The van der Waals surface area contributed by atoms with Crippen molar-refractivity contribution < 1.29 is 9.72 Å². The number of carbonyl (C=O) groups excluding carboxylic acids is 1. The van der Waals surface area contributed by atoms with E-state index in [0.717, 1.165) is 19.6 Å². The summed E-state index contributed by atoms with van der Waals surface area (Å²) in [4.78, 5) is 27.1. The molecule has 0 saturated carbocycles. The van der Waals surface area contributed by atoms with Gasteiger partial charge in [0.25, 0.3) is 11.6 Å². The molecule has 0 fully saturated rings. The Morgan fingerprint density at radius 2 is 1.88 bits per heavy atom. The predicted molar refractivity (Wildman–Crippen MR) is 96.6 cm³/mol. The summed E-state index contributed by atoms with van der Waals surface area (Å²) in [6, 6.07) is 3.98. The third-order valence-corrected chi connectivity index (χ3v) is 4.16. The molecule has 0 aliphatic carbocycles. The maximum Gasteiger partial charge on any atom is 0.270 e. The van der Waals surface area contributed by atoms with Gasteiger partial charge in [0.2, 0.25) is 0 Å². The first kappa shape index (κ1) is 20.4. The fourth-order valence-corrected chi connectivity index (χ4v) is 2.74. The molecule has 134 valence electrons. The molecule has 0 N–H and O–H groups in total. The number of amides is 1. The van der Waals surface area contributed by atoms with Crippen molar-refractivity contribution in [2.45, 2.75) is 27.7 Å². The second-order valence-electron chi connectivity index (χ2n) is 6.09. The molecule has 6 nitrogen and oxygen atoms in total. The Morgan fingerprint density at radius 1 is 1.25 bits per heavy atom. The Kier molecular flexibility index (Phi) is 8.15. The van der Waals surface area contributed by atoms with Gasteiger partial charge in [0.15, 0.2) is 0 Å². The zero-order chi connectivity index (χ0) is 18.3. The van der Waals surface area contributed by atoms with Crippen LogP contribution >= 0.6 is 11.6 Å². The van der Waals surface area contributed by atoms with Crippen LogP contribution in [0.1, 0.15) is 38.1 Å². The standard InChI is InChI=1S/C17H26ClN3O3/c1-5-19(6-2)9-10-20(12-13(3)4)17(22)15-8-7-14(21(23)24)11-16(15)18/h7-8,11,13H,5-6,9-10,12H2,1-4H3. The molecule has 1 amide bonds. The molecular formula is C17H26ClN3O3. The summed E-state index contributed by atoms with van der Waals surface area (Å²) >= 11 is 6.10. The number of nitro groups is 1. The van der Waals surface area contributed by atoms with Crippen LogP contribution in [0.3, 0.4) is 0 Å². The second-order valence-corrected chi connectivity index (χ2v) is 6.50. The molecule has 24 heavy (non-hydrogen) atoms. The second kappa shape index (κ2) is 9.59. The van der Waals surface area contributed by atoms with Crippen molar-refractivity contribution in [1.29, 1.82) is 0 Å². The fraction of sp³-hybridized carbons (Fsp3) is 0.588. The highest BCUT2D eigenvalue weighted by molar-refractivity contribution is 6.34. The molecule has 0 heterocycles. The van der Waals surface area contributed by atoms with Crippen LogP contribution in [0.2, 0.25) is 5.02 Å². The van der Waals surface area contributed by atoms with E-state index < -0.39 is 4.92 Å². The summed E-state index contributed by atoms with van der Waals surface area (Å²) in [6.45, 7) is 12.1. The topological polar surface area (TPSA) is 66.7 Å². The highest BCUT2D eigenvalue weighted by atomic mass is 35.5. The minimum atomic E-state index is -0.521. The van der Waals surface area contributed by atoms with Crippen LogP contribution in [0.15, 0.2) is 18.2 Å². The van der Waals surface area contributed by atoms with Crippen molar-refractivity contribution in [2.75, 3.05) is 32.7 Å². The van der Waals surface area contributed by atoms with Crippen LogP contribution < -0.4 is 0 Å². The van der Waals surface area contributed by atoms with Gasteiger partial charge in [-0.1, -0.05) is 39.3 Å². The quantitative estimate of drug-likeness (QED) is 0.500. The van der Waals surface area contributed by atoms with Crippen LogP contribution in [0.25, 0.3) is 0 Å². The Labute approximate surface area is 148 Å². The largest absolute Gasteiger partial charge is 0.337 e. The van der Waals surface area contributed by atoms with Gasteiger partial charge in [0.1, 0.15) is 0 Å². The lowest BCUT2D eigenvalue weighted by molar-refractivity contribution is -0.384. The van der Waals surface area contributed by atoms with Crippen LogP contribution in [-0.2, 0) is 0 Å². The van der Waals surface area contributed by atoms with Crippen LogP contribution in [0.4, 0.5) is 5.69 Å². The summed E-state index contributed by atoms with van der Waals surface area (Å²) in [5.74, 6) is 0.137. The van der Waals surface area contributed by atoms with Crippen LogP contribution in [0, 0.1) is 16.0 Å². The monoisotopic (exact) mass is 355 g/mol. The highest BCUT2D eigenvalue weighted by Gasteiger charge is 2.21. The lowest BCUT2D eigenvalue weighted by Crippen LogP contribution is -2.40. The van der Waals surface area contributed by atoms with Gasteiger partial charge < -0.3 is 9.80 Å². The molecule has 1 aromatic rings. The minimum Gasteiger partial charge on any atom is -0.337 e. The SMILES string of the molecule is CCN(CC)CCN(CC(C)C)C(=O)c1ccc([N+](=O)[O-])cc1Cl. The van der Waals surface area contributed by atoms with Crippen LogP contribution in [-0.4, -0.2) is 53.4 Å². The number of halogens is 1. The Morgan fingerprint density at radius 3 is 2.33 bits per heavy atom. The molecule has 0 spiro atoms. The van der Waals surface area contributed by atoms with Crippen molar-refractivity contribution in [3.63, 3.8) is 0 Å². The van der Waals surface area contributed by atoms with Crippen molar-refractivity contribution in [3.8, 4) is 0 Å². The average Bonchev–Trinajstić information content (AvgIpc) is 2.53. The maximum atomic E-state index is 12.8. The number of nitrogens with zero attached hydrogens (tertiary/aromatic N) is 3. The third-order valence-electron chi connectivity index (χ3n) is 3.85. The number of non-ortho nitro benzene ring substituents is 1. The number of hydrogen-bond donors (Lipinski definition) is 0. The fourth-order valence-electron chi connectivity index (χ4n) is 2.48. The molecule has 0 atom stereocenters. The van der Waals surface area contributed by atoms with E-state index in [2.05, 4.69) is 32.6 Å². The smallest absolute Gasteiger partial charge is 0.270 e. The Bertz CT molecular complexity index is 574. The molecule has 0 radical (unpaired) electrons. The van der Waals surface area contributed by atoms with Crippen molar-refractivity contribution >= 4 is 23.2 Å². The first-order chi connectivity index (χ1) is 11.3. The molecule has 1 aromatic carbocycles. The van der Waals surface area contributed by atoms with Crippen molar-refractivity contribution in [3.05, 3.63) is 38.9 Å². The van der Waals surface area contributed by atoms with E-state index in [4.69, 9.17) is 11.6 Å². The summed E-state index contributed by atoms with van der Waals surface area (Å²) in [5, 5.41) is 10.9. The first-order valence-corrected chi connectivity index (χ1v) is 8.63. The van der Waals surface area contributed by atoms with E-state index in [-0.39, 0.29) is 16.6 Å². The molecule has 0 aromatic heterocycles. The summed E-state index contributed by atoms with van der Waals surface area (Å²) in [6.07, 6.45) is 0. The Balaban J connectivity index is 2.96. The highest BCUT2D eigenvalue weighted by Crippen LogP contribution is 2.24. The van der Waals surface area contributed by atoms with E-state index in [9.17, 15) is 14.9 Å². The van der Waals surface area contributed by atoms with E-state index >= 15 is 0 Å². The molecule has 0 saturated heterocycles. The summed E-state index contributed by atoms with van der Waals surface area (Å²) in [7, 11) is 0. The van der Waals surface area contributed by atoms with Gasteiger partial charge in [-0.05, 0) is 25.1 Å². The zero-order valence-corrected chi connectivity index (χ0v) is 15.5. The normalized spacial score (nSPS) is 11.1. The van der Waals surface area contributed by atoms with Gasteiger partial charge in [-0.15, -0.1) is 0 Å². The van der Waals surface area contributed by atoms with Gasteiger partial charge >= 0.3 is 0 Å². The lowest BCUT2D eigenvalue weighted by atomic mass is 10.1. The van der Waals surface area contributed by atoms with E-state index in [1.54, 1.807) is 4.90 Å². The van der Waals surface area contributed by atoms with Gasteiger partial charge in [-0.25, -0.2) is 0 Å². The van der Waals surface area contributed by atoms with Crippen LogP contribution in [0.5, 0.6) is 0 Å². The first-order valence-electron chi connectivity index (χ1n) is 8.25. The molecule has 0 bridgehead atoms. The molecule has 7 heteroatoms. The number of nitro benzene ring substituents is 1. The molecule has 0 aliphatic heterocycles. The summed E-state index contributed by atoms with van der Waals surface area (Å²) < 4.78 is 0. The number of rotatable bonds is 9. The summed E-state index contributed by atoms with van der Waals surface area (Å²) in [5.41, 5.74) is 0.192. The average molecular weight is 356 g/mol. The minimum absolute atomic E-state index is 0.116. The van der Waals surface area contributed by atoms with Gasteiger partial charge in [0.05, 0.1) is 15.5 Å². The number of likely N-dealkylation sites (N-methyl/N-ethyl adjacent to an activating group) is 1. The van der Waals surface area contributed by atoms with Gasteiger partial charge in [-0.2, -0.15) is 0 Å². The van der Waals surface area contributed by atoms with E-state index in [1.807, 2.05) is 0 Å². The van der Waals surface area contributed by atoms with Crippen molar-refractivity contribution in [2.24, 2.45) is 5.92 Å². The molecular weight excluding hydrogens is 330 g/mol. The number of carbonyl (C=O) groups is 1. The Hall–Kier alpha value is -1.66. The van der Waals surface area contributed by atoms with Gasteiger partial charge in [0, 0.05) is 31.8 Å². The zero-order valence-electron chi connectivity index (χ0n) is 14.8. The molecule has 0 unspecified atom stereocenters. The maximum absolute atomic E-state index is 12.8. The third kappa shape index (κ3) is 5.76. The molecule has 1 rings (SSSR count). The predicted octanol–water partition coefficient (Wildman–Crippen LogP) is 3.69. The number of hydrogen-bond acceptors (Lipinski definition) is 4. The number of benzene rings is 1. The van der Waals surface area contributed by atoms with E-state index in [0.29, 0.717) is 24.6 Å². The van der Waals surface area contributed by atoms with Crippen molar-refractivity contribution in [1.82, 2.24) is 9.80 Å².